The minimum atomic E-state index is -0.226. The third-order valence-corrected chi connectivity index (χ3v) is 7.79. The van der Waals surface area contributed by atoms with Crippen LogP contribution in [0, 0.1) is 6.92 Å². The van der Waals surface area contributed by atoms with Crippen molar-refractivity contribution in [2.45, 2.75) is 52.2 Å². The average molecular weight is 510 g/mol. The summed E-state index contributed by atoms with van der Waals surface area (Å²) in [6, 6.07) is 11.5. The molecule has 0 bridgehead atoms. The Kier molecular flexibility index (Phi) is 6.19. The van der Waals surface area contributed by atoms with Crippen molar-refractivity contribution in [2.24, 2.45) is 7.05 Å². The number of carbonyl (C=O) groups is 1. The van der Waals surface area contributed by atoms with Crippen LogP contribution < -0.4 is 10.5 Å². The van der Waals surface area contributed by atoms with Crippen LogP contribution in [0.5, 0.6) is 0 Å². The lowest BCUT2D eigenvalue weighted by Crippen LogP contribution is -2.41. The number of benzene rings is 1. The van der Waals surface area contributed by atoms with Crippen molar-refractivity contribution in [3.63, 3.8) is 0 Å². The highest BCUT2D eigenvalue weighted by atomic mass is 16.3. The molecule has 0 fully saturated rings. The largest absolute Gasteiger partial charge is 0.392 e. The molecule has 6 rings (SSSR count). The summed E-state index contributed by atoms with van der Waals surface area (Å²) < 4.78 is 3.76. The zero-order valence-electron chi connectivity index (χ0n) is 21.8. The second-order valence-corrected chi connectivity index (χ2v) is 10.2. The number of aryl methyl sites for hydroxylation is 3. The Morgan fingerprint density at radius 1 is 1.05 bits per heavy atom. The number of rotatable bonds is 5. The van der Waals surface area contributed by atoms with E-state index in [0.717, 1.165) is 41.9 Å². The van der Waals surface area contributed by atoms with Gasteiger partial charge in [0.2, 0.25) is 0 Å². The molecule has 0 unspecified atom stereocenters. The monoisotopic (exact) mass is 509 g/mol. The summed E-state index contributed by atoms with van der Waals surface area (Å²) in [7, 11) is 1.73. The molecule has 1 aliphatic carbocycles. The van der Waals surface area contributed by atoms with E-state index in [-0.39, 0.29) is 18.1 Å². The van der Waals surface area contributed by atoms with Gasteiger partial charge in [-0.1, -0.05) is 12.1 Å². The second-order valence-electron chi connectivity index (χ2n) is 10.2. The number of aliphatic hydroxyl groups is 1. The number of aliphatic hydroxyl groups excluding tert-OH is 1. The lowest BCUT2D eigenvalue weighted by molar-refractivity contribution is 0.0964. The summed E-state index contributed by atoms with van der Waals surface area (Å²) >= 11 is 0. The van der Waals surface area contributed by atoms with Gasteiger partial charge in [-0.3, -0.25) is 9.59 Å². The van der Waals surface area contributed by atoms with Crippen LogP contribution in [0.25, 0.3) is 11.1 Å². The highest BCUT2D eigenvalue weighted by Gasteiger charge is 2.31. The van der Waals surface area contributed by atoms with Gasteiger partial charge in [0.05, 0.1) is 12.3 Å². The van der Waals surface area contributed by atoms with E-state index in [1.54, 1.807) is 28.9 Å². The lowest BCUT2D eigenvalue weighted by atomic mass is 9.96. The van der Waals surface area contributed by atoms with Gasteiger partial charge in [-0.15, -0.1) is 0 Å². The first-order valence-electron chi connectivity index (χ1n) is 13.2. The van der Waals surface area contributed by atoms with E-state index in [9.17, 15) is 14.7 Å². The molecule has 0 saturated carbocycles. The predicted octanol–water partition coefficient (Wildman–Crippen LogP) is 3.57. The molecule has 194 valence electrons. The van der Waals surface area contributed by atoms with E-state index in [1.165, 1.54) is 24.1 Å². The highest BCUT2D eigenvalue weighted by molar-refractivity contribution is 6.07. The summed E-state index contributed by atoms with van der Waals surface area (Å²) in [4.78, 5) is 37.1. The van der Waals surface area contributed by atoms with Crippen molar-refractivity contribution < 1.29 is 9.90 Å². The molecule has 2 aliphatic rings. The van der Waals surface area contributed by atoms with Crippen LogP contribution in [0.1, 0.15) is 57.2 Å². The van der Waals surface area contributed by atoms with Crippen molar-refractivity contribution in [2.75, 3.05) is 11.4 Å². The quantitative estimate of drug-likeness (QED) is 0.444. The third-order valence-electron chi connectivity index (χ3n) is 7.79. The van der Waals surface area contributed by atoms with Crippen molar-refractivity contribution in [1.82, 2.24) is 19.1 Å². The van der Waals surface area contributed by atoms with Crippen molar-refractivity contribution in [3.05, 3.63) is 98.7 Å². The molecule has 0 saturated heterocycles. The number of nitrogens with zero attached hydrogens (tertiary/aromatic N) is 5. The molecule has 0 atom stereocenters. The minimum Gasteiger partial charge on any atom is -0.392 e. The Hall–Kier alpha value is -4.04. The van der Waals surface area contributed by atoms with Gasteiger partial charge >= 0.3 is 0 Å². The maximum atomic E-state index is 13.7. The fourth-order valence-electron chi connectivity index (χ4n) is 5.98. The molecular formula is C30H31N5O3. The standard InChI is InChI=1S/C30H31N5O3/c1-19-31-11-10-23(32-19)15-21-14-22(17-33(2)29(21)37)24-7-5-9-27(25(24)18-36)35-13-12-34-26-8-4-3-6-20(26)16-28(34)30(35)38/h5,7,9-11,14,16-17,36H,3-4,6,8,12-13,15,18H2,1-2H3. The number of aromatic nitrogens is 4. The lowest BCUT2D eigenvalue weighted by Gasteiger charge is -2.31. The molecule has 1 aromatic carbocycles. The van der Waals surface area contributed by atoms with E-state index in [0.29, 0.717) is 35.6 Å². The average Bonchev–Trinajstić information content (AvgIpc) is 3.31. The molecular weight excluding hydrogens is 478 g/mol. The van der Waals surface area contributed by atoms with Crippen LogP contribution in [-0.2, 0) is 39.5 Å². The molecule has 4 aromatic rings. The van der Waals surface area contributed by atoms with Crippen molar-refractivity contribution in [3.8, 4) is 11.1 Å². The van der Waals surface area contributed by atoms with E-state index in [2.05, 4.69) is 20.6 Å². The maximum Gasteiger partial charge on any atom is 0.274 e. The summed E-state index contributed by atoms with van der Waals surface area (Å²) in [5.41, 5.74) is 7.62. The first-order chi connectivity index (χ1) is 18.4. The molecule has 8 heteroatoms. The third kappa shape index (κ3) is 4.15. The normalized spacial score (nSPS) is 14.9. The second kappa shape index (κ2) is 9.68. The van der Waals surface area contributed by atoms with Gasteiger partial charge in [-0.25, -0.2) is 9.97 Å². The smallest absolute Gasteiger partial charge is 0.274 e. The molecule has 8 nitrogen and oxygen atoms in total. The van der Waals surface area contributed by atoms with Crippen LogP contribution in [0.15, 0.2) is 53.6 Å². The van der Waals surface area contributed by atoms with Gasteiger partial charge in [0.25, 0.3) is 11.5 Å². The highest BCUT2D eigenvalue weighted by Crippen LogP contribution is 2.35. The number of hydrogen-bond donors (Lipinski definition) is 1. The number of fused-ring (bicyclic) bond motifs is 3. The maximum absolute atomic E-state index is 13.7. The van der Waals surface area contributed by atoms with Gasteiger partial charge in [-0.2, -0.15) is 0 Å². The van der Waals surface area contributed by atoms with Crippen LogP contribution in [0.2, 0.25) is 0 Å². The predicted molar refractivity (Wildman–Crippen MR) is 145 cm³/mol. The van der Waals surface area contributed by atoms with Gasteiger partial charge in [-0.05, 0) is 73.6 Å². The number of pyridine rings is 1. The summed E-state index contributed by atoms with van der Waals surface area (Å²) in [6.07, 6.45) is 8.26. The molecule has 1 amide bonds. The first-order valence-corrected chi connectivity index (χ1v) is 13.2. The Morgan fingerprint density at radius 2 is 1.89 bits per heavy atom. The Morgan fingerprint density at radius 3 is 2.71 bits per heavy atom. The van der Waals surface area contributed by atoms with Crippen molar-refractivity contribution >= 4 is 11.6 Å². The van der Waals surface area contributed by atoms with E-state index in [1.807, 2.05) is 37.3 Å². The Labute approximate surface area is 221 Å². The molecule has 0 radical (unpaired) electrons. The van der Waals surface area contributed by atoms with E-state index < -0.39 is 0 Å². The SMILES string of the molecule is Cc1nccc(Cc2cc(-c3cccc(N4CCn5c(cc6c5CCCC6)C4=O)c3CO)cn(C)c2=O)n1. The summed E-state index contributed by atoms with van der Waals surface area (Å²) in [5, 5.41) is 10.5. The van der Waals surface area contributed by atoms with Gasteiger partial charge in [0, 0.05) is 61.5 Å². The van der Waals surface area contributed by atoms with Crippen LogP contribution >= 0.6 is 0 Å². The fraction of sp³-hybridized carbons (Fsp3) is 0.333. The minimum absolute atomic E-state index is 0.0298. The molecule has 3 aromatic heterocycles. The molecule has 4 heterocycles. The van der Waals surface area contributed by atoms with Gasteiger partial charge < -0.3 is 19.1 Å². The first kappa shape index (κ1) is 24.3. The zero-order chi connectivity index (χ0) is 26.4. The van der Waals surface area contributed by atoms with Crippen LogP contribution in [0.3, 0.4) is 0 Å². The Balaban J connectivity index is 1.39. The molecule has 1 N–H and O–H groups in total. The van der Waals surface area contributed by atoms with Crippen molar-refractivity contribution in [1.29, 1.82) is 0 Å². The number of amides is 1. The summed E-state index contributed by atoms with van der Waals surface area (Å²) in [6.45, 7) is 2.89. The van der Waals surface area contributed by atoms with Crippen LogP contribution in [0.4, 0.5) is 5.69 Å². The Bertz CT molecular complexity index is 1620. The number of hydrogen-bond acceptors (Lipinski definition) is 5. The fourth-order valence-corrected chi connectivity index (χ4v) is 5.98. The number of carbonyl (C=O) groups excluding carboxylic acids is 1. The number of anilines is 1. The topological polar surface area (TPSA) is 93.2 Å². The van der Waals surface area contributed by atoms with E-state index in [4.69, 9.17) is 0 Å². The van der Waals surface area contributed by atoms with Crippen LogP contribution in [-0.4, -0.2) is 36.7 Å². The molecule has 1 aliphatic heterocycles. The van der Waals surface area contributed by atoms with Gasteiger partial charge in [0.15, 0.2) is 0 Å². The van der Waals surface area contributed by atoms with E-state index >= 15 is 0 Å². The molecule has 38 heavy (non-hydrogen) atoms. The zero-order valence-corrected chi connectivity index (χ0v) is 21.8. The van der Waals surface area contributed by atoms with Gasteiger partial charge in [0.1, 0.15) is 11.5 Å². The summed E-state index contributed by atoms with van der Waals surface area (Å²) in [5.74, 6) is 0.627. The molecule has 0 spiro atoms.